The number of benzene rings is 1. The molecule has 0 unspecified atom stereocenters. The molecule has 1 saturated heterocycles. The van der Waals surface area contributed by atoms with E-state index in [-0.39, 0.29) is 24.3 Å². The van der Waals surface area contributed by atoms with E-state index in [1.165, 1.54) is 6.42 Å². The number of carbonyl (C=O) groups excluding carboxylic acids is 3. The van der Waals surface area contributed by atoms with Gasteiger partial charge in [-0.25, -0.2) is 0 Å². The molecule has 1 aromatic rings. The number of primary amides is 1. The van der Waals surface area contributed by atoms with Crippen molar-refractivity contribution in [1.29, 1.82) is 0 Å². The van der Waals surface area contributed by atoms with Crippen molar-refractivity contribution in [1.82, 2.24) is 15.5 Å². The Morgan fingerprint density at radius 1 is 1.14 bits per heavy atom. The molecule has 4 N–H and O–H groups in total. The summed E-state index contributed by atoms with van der Waals surface area (Å²) in [6, 6.07) is 9.46. The van der Waals surface area contributed by atoms with Crippen LogP contribution in [0.4, 0.5) is 0 Å². The zero-order valence-corrected chi connectivity index (χ0v) is 16.2. The van der Waals surface area contributed by atoms with Crippen LogP contribution < -0.4 is 16.4 Å². The fraction of sp³-hybridized carbons (Fsp3) is 0.571. The lowest BCUT2D eigenvalue weighted by Crippen LogP contribution is -2.63. The molecular formula is C21H29N4O3. The van der Waals surface area contributed by atoms with Crippen molar-refractivity contribution < 1.29 is 14.4 Å². The zero-order chi connectivity index (χ0) is 19.9. The summed E-state index contributed by atoms with van der Waals surface area (Å²) in [6.07, 6.45) is 5.93. The largest absolute Gasteiger partial charge is 0.369 e. The Morgan fingerprint density at radius 3 is 2.46 bits per heavy atom. The van der Waals surface area contributed by atoms with E-state index in [9.17, 15) is 14.4 Å². The van der Waals surface area contributed by atoms with Gasteiger partial charge in [-0.2, -0.15) is 0 Å². The van der Waals surface area contributed by atoms with Gasteiger partial charge in [0.2, 0.25) is 17.7 Å². The van der Waals surface area contributed by atoms with Crippen LogP contribution in [-0.2, 0) is 20.9 Å². The van der Waals surface area contributed by atoms with Crippen molar-refractivity contribution in [2.24, 2.45) is 11.7 Å². The van der Waals surface area contributed by atoms with Crippen LogP contribution in [-0.4, -0.2) is 47.8 Å². The third kappa shape index (κ3) is 5.10. The van der Waals surface area contributed by atoms with Gasteiger partial charge >= 0.3 is 0 Å². The van der Waals surface area contributed by atoms with Gasteiger partial charge in [-0.3, -0.25) is 19.7 Å². The van der Waals surface area contributed by atoms with E-state index in [1.807, 2.05) is 12.1 Å². The van der Waals surface area contributed by atoms with Crippen molar-refractivity contribution in [2.75, 3.05) is 13.1 Å². The van der Waals surface area contributed by atoms with Crippen LogP contribution in [0.25, 0.3) is 0 Å². The first-order chi connectivity index (χ1) is 13.6. The maximum Gasteiger partial charge on any atom is 0.243 e. The van der Waals surface area contributed by atoms with Crippen LogP contribution in [0, 0.1) is 12.0 Å². The third-order valence-corrected chi connectivity index (χ3v) is 5.74. The molecule has 1 aliphatic carbocycles. The molecule has 1 heterocycles. The lowest BCUT2D eigenvalue weighted by atomic mass is 9.82. The van der Waals surface area contributed by atoms with Crippen LogP contribution >= 0.6 is 0 Å². The van der Waals surface area contributed by atoms with E-state index in [2.05, 4.69) is 16.7 Å². The minimum absolute atomic E-state index is 0.0252. The maximum atomic E-state index is 13.2. The van der Waals surface area contributed by atoms with E-state index in [4.69, 9.17) is 5.73 Å². The van der Waals surface area contributed by atoms with Gasteiger partial charge in [0.1, 0.15) is 6.04 Å². The number of hydrogen-bond donors (Lipinski definition) is 3. The average molecular weight is 385 g/mol. The topological polar surface area (TPSA) is 105 Å². The lowest BCUT2D eigenvalue weighted by Gasteiger charge is -2.43. The van der Waals surface area contributed by atoms with Gasteiger partial charge in [0.25, 0.3) is 0 Å². The van der Waals surface area contributed by atoms with E-state index < -0.39 is 18.0 Å². The normalized spacial score (nSPS) is 20.9. The highest BCUT2D eigenvalue weighted by molar-refractivity contribution is 5.91. The standard InChI is InChI=1S/C21H29N4O3/c22-18(26)14-23-19(16-9-5-2-6-10-16)21(28)25-12-11-17(25)20(27)24-13-15-7-3-1-4-8-15/h3-4,7-8,16-17,19,23H,2,5-6,9-14H2,(H2,22,26)(H,24,27)/t17-,19+/m0/s1. The molecule has 7 heteroatoms. The molecule has 0 bridgehead atoms. The molecule has 1 aliphatic heterocycles. The van der Waals surface area contributed by atoms with E-state index in [0.717, 1.165) is 31.2 Å². The second-order valence-corrected chi connectivity index (χ2v) is 7.69. The number of nitrogens with two attached hydrogens (primary N) is 1. The van der Waals surface area contributed by atoms with Crippen molar-refractivity contribution in [3.8, 4) is 0 Å². The van der Waals surface area contributed by atoms with Crippen LogP contribution in [0.2, 0.25) is 0 Å². The molecule has 2 aliphatic rings. The number of nitrogens with one attached hydrogen (secondary N) is 2. The Morgan fingerprint density at radius 2 is 1.86 bits per heavy atom. The first kappa shape index (κ1) is 20.3. The second-order valence-electron chi connectivity index (χ2n) is 7.69. The highest BCUT2D eigenvalue weighted by atomic mass is 16.2. The van der Waals surface area contributed by atoms with Gasteiger partial charge in [0.15, 0.2) is 0 Å². The van der Waals surface area contributed by atoms with Gasteiger partial charge in [-0.05, 0) is 36.8 Å². The molecule has 3 rings (SSSR count). The number of hydrogen-bond acceptors (Lipinski definition) is 4. The minimum Gasteiger partial charge on any atom is -0.369 e. The molecule has 2 fully saturated rings. The first-order valence-corrected chi connectivity index (χ1v) is 10.1. The predicted molar refractivity (Wildman–Crippen MR) is 105 cm³/mol. The fourth-order valence-electron chi connectivity index (χ4n) is 4.08. The molecule has 1 radical (unpaired) electrons. The summed E-state index contributed by atoms with van der Waals surface area (Å²) in [5.74, 6) is -0.518. The molecule has 2 atom stereocenters. The third-order valence-electron chi connectivity index (χ3n) is 5.74. The Hall–Kier alpha value is -2.41. The van der Waals surface area contributed by atoms with Gasteiger partial charge in [0.05, 0.1) is 12.6 Å². The highest BCUT2D eigenvalue weighted by Gasteiger charge is 2.42. The molecule has 151 valence electrons. The van der Waals surface area contributed by atoms with Crippen LogP contribution in [0.3, 0.4) is 0 Å². The summed E-state index contributed by atoms with van der Waals surface area (Å²) in [5.41, 5.74) is 6.26. The number of carbonyl (C=O) groups is 3. The molecule has 7 nitrogen and oxygen atoms in total. The van der Waals surface area contributed by atoms with Gasteiger partial charge in [-0.15, -0.1) is 0 Å². The van der Waals surface area contributed by atoms with Crippen LogP contribution in [0.5, 0.6) is 0 Å². The molecule has 0 aromatic heterocycles. The van der Waals surface area contributed by atoms with E-state index in [0.29, 0.717) is 19.5 Å². The summed E-state index contributed by atoms with van der Waals surface area (Å²) >= 11 is 0. The van der Waals surface area contributed by atoms with Gasteiger partial charge in [-0.1, -0.05) is 43.5 Å². The van der Waals surface area contributed by atoms with E-state index >= 15 is 0 Å². The van der Waals surface area contributed by atoms with Crippen molar-refractivity contribution in [3.63, 3.8) is 0 Å². The average Bonchev–Trinajstić information content (AvgIpc) is 2.67. The Kier molecular flexibility index (Phi) is 7.03. The van der Waals surface area contributed by atoms with E-state index in [1.54, 1.807) is 17.0 Å². The summed E-state index contributed by atoms with van der Waals surface area (Å²) in [7, 11) is 0. The summed E-state index contributed by atoms with van der Waals surface area (Å²) in [6.45, 7) is 0.972. The summed E-state index contributed by atoms with van der Waals surface area (Å²) < 4.78 is 0. The molecule has 28 heavy (non-hydrogen) atoms. The highest BCUT2D eigenvalue weighted by Crippen LogP contribution is 2.29. The monoisotopic (exact) mass is 385 g/mol. The Bertz CT molecular complexity index is 688. The smallest absolute Gasteiger partial charge is 0.243 e. The van der Waals surface area contributed by atoms with Crippen LogP contribution in [0.15, 0.2) is 24.3 Å². The van der Waals surface area contributed by atoms with Gasteiger partial charge in [0, 0.05) is 13.1 Å². The molecular weight excluding hydrogens is 356 g/mol. The van der Waals surface area contributed by atoms with Crippen molar-refractivity contribution in [2.45, 2.75) is 57.2 Å². The minimum atomic E-state index is -0.480. The lowest BCUT2D eigenvalue weighted by molar-refractivity contribution is -0.150. The number of nitrogens with zero attached hydrogens (tertiary/aromatic N) is 1. The van der Waals surface area contributed by atoms with Gasteiger partial charge < -0.3 is 16.0 Å². The Balaban J connectivity index is 1.59. The number of likely N-dealkylation sites (tertiary alicyclic amines) is 1. The number of rotatable bonds is 8. The molecule has 1 aromatic carbocycles. The molecule has 0 spiro atoms. The summed E-state index contributed by atoms with van der Waals surface area (Å²) in [4.78, 5) is 38.6. The first-order valence-electron chi connectivity index (χ1n) is 10.1. The molecule has 1 saturated carbocycles. The second kappa shape index (κ2) is 9.68. The molecule has 3 amide bonds. The van der Waals surface area contributed by atoms with Crippen LogP contribution in [0.1, 0.15) is 44.1 Å². The summed E-state index contributed by atoms with van der Waals surface area (Å²) in [5, 5.41) is 5.97. The zero-order valence-electron chi connectivity index (χ0n) is 16.2. The Labute approximate surface area is 166 Å². The quantitative estimate of drug-likeness (QED) is 0.613. The maximum absolute atomic E-state index is 13.2. The van der Waals surface area contributed by atoms with Crippen molar-refractivity contribution in [3.05, 3.63) is 35.9 Å². The predicted octanol–water partition coefficient (Wildman–Crippen LogP) is 0.728. The van der Waals surface area contributed by atoms with Crippen molar-refractivity contribution >= 4 is 17.7 Å². The SMILES string of the molecule is NC(=O)CN[C@@H](C(=O)N1CC[C@H]1C(=O)NCc1cc[c]cc1)C1CCCCC1. The fourth-order valence-corrected chi connectivity index (χ4v) is 4.08. The number of amides is 3.